The highest BCUT2D eigenvalue weighted by Gasteiger charge is 2.26. The van der Waals surface area contributed by atoms with Gasteiger partial charge >= 0.3 is 0 Å². The van der Waals surface area contributed by atoms with Crippen molar-refractivity contribution in [2.24, 2.45) is 0 Å². The number of fused-ring (bicyclic) bond motifs is 1. The molecule has 142 valence electrons. The fraction of sp³-hybridized carbons (Fsp3) is 0.471. The molecule has 4 rings (SSSR count). The summed E-state index contributed by atoms with van der Waals surface area (Å²) in [4.78, 5) is 14.5. The number of carbonyl (C=O) groups excluding carboxylic acids is 1. The van der Waals surface area contributed by atoms with Crippen LogP contribution in [-0.4, -0.2) is 62.3 Å². The Morgan fingerprint density at radius 1 is 1.33 bits per heavy atom. The van der Waals surface area contributed by atoms with Crippen molar-refractivity contribution in [2.45, 2.75) is 25.4 Å². The second-order valence-corrected chi connectivity index (χ2v) is 7.61. The molecule has 1 N–H and O–H groups in total. The number of methoxy groups -OCH3 is 1. The topological polar surface area (TPSA) is 97.5 Å². The highest BCUT2D eigenvalue weighted by Crippen LogP contribution is 2.26. The quantitative estimate of drug-likeness (QED) is 0.685. The lowest BCUT2D eigenvalue weighted by atomic mass is 9.97. The zero-order valence-corrected chi connectivity index (χ0v) is 15.9. The van der Waals surface area contributed by atoms with Crippen LogP contribution in [0.5, 0.6) is 0 Å². The van der Waals surface area contributed by atoms with Gasteiger partial charge in [-0.3, -0.25) is 19.4 Å². The Hall–Kier alpha value is -2.43. The highest BCUT2D eigenvalue weighted by atomic mass is 32.1. The number of nitrogens with zero attached hydrogens (tertiary/aromatic N) is 6. The molecule has 0 radical (unpaired) electrons. The molecule has 1 amide bonds. The van der Waals surface area contributed by atoms with Gasteiger partial charge in [0.2, 0.25) is 11.0 Å². The largest absolute Gasteiger partial charge is 0.377 e. The predicted molar refractivity (Wildman–Crippen MR) is 101 cm³/mol. The number of carbonyl (C=O) groups is 1. The summed E-state index contributed by atoms with van der Waals surface area (Å²) in [6.45, 7) is 2.40. The first-order chi connectivity index (χ1) is 13.2. The van der Waals surface area contributed by atoms with Gasteiger partial charge < -0.3 is 4.74 Å². The van der Waals surface area contributed by atoms with Gasteiger partial charge in [0.15, 0.2) is 5.65 Å². The van der Waals surface area contributed by atoms with Crippen LogP contribution >= 0.6 is 11.3 Å². The summed E-state index contributed by atoms with van der Waals surface area (Å²) < 4.78 is 7.05. The van der Waals surface area contributed by atoms with Crippen molar-refractivity contribution in [3.05, 3.63) is 35.2 Å². The molecule has 1 aliphatic heterocycles. The van der Waals surface area contributed by atoms with Crippen LogP contribution in [0, 0.1) is 0 Å². The second kappa shape index (κ2) is 8.07. The third-order valence-electron chi connectivity index (χ3n) is 4.56. The summed E-state index contributed by atoms with van der Waals surface area (Å²) in [6, 6.07) is 5.88. The molecular weight excluding hydrogens is 366 g/mol. The lowest BCUT2D eigenvalue weighted by molar-refractivity contribution is -0.117. The Kier molecular flexibility index (Phi) is 5.37. The average Bonchev–Trinajstić information content (AvgIpc) is 3.29. The predicted octanol–water partition coefficient (Wildman–Crippen LogP) is 1.55. The fourth-order valence-corrected chi connectivity index (χ4v) is 4.12. The zero-order chi connectivity index (χ0) is 18.6. The van der Waals surface area contributed by atoms with Crippen molar-refractivity contribution in [1.29, 1.82) is 0 Å². The fourth-order valence-electron chi connectivity index (χ4n) is 3.40. The number of rotatable bonds is 6. The van der Waals surface area contributed by atoms with Gasteiger partial charge in [-0.15, -0.1) is 20.4 Å². The minimum atomic E-state index is -0.0816. The third-order valence-corrected chi connectivity index (χ3v) is 5.37. The monoisotopic (exact) mass is 387 g/mol. The molecule has 9 nitrogen and oxygen atoms in total. The van der Waals surface area contributed by atoms with Crippen molar-refractivity contribution >= 4 is 28.0 Å². The SMILES string of the molecule is COCc1nnc(NC(=O)CN2CCC[C@H](c3nnc4ccccn34)C2)s1. The van der Waals surface area contributed by atoms with E-state index < -0.39 is 0 Å². The number of nitrogens with one attached hydrogen (secondary N) is 1. The van der Waals surface area contributed by atoms with E-state index in [9.17, 15) is 4.79 Å². The molecule has 1 fully saturated rings. The molecule has 4 heterocycles. The van der Waals surface area contributed by atoms with Crippen LogP contribution < -0.4 is 5.32 Å². The number of likely N-dealkylation sites (tertiary alicyclic amines) is 1. The van der Waals surface area contributed by atoms with E-state index in [1.54, 1.807) is 7.11 Å². The number of pyridine rings is 1. The van der Waals surface area contributed by atoms with E-state index in [0.29, 0.717) is 18.3 Å². The number of aromatic nitrogens is 5. The van der Waals surface area contributed by atoms with Crippen LogP contribution in [0.3, 0.4) is 0 Å². The molecule has 1 aliphatic rings. The van der Waals surface area contributed by atoms with E-state index in [4.69, 9.17) is 4.74 Å². The molecule has 27 heavy (non-hydrogen) atoms. The third kappa shape index (κ3) is 4.12. The molecule has 10 heteroatoms. The van der Waals surface area contributed by atoms with Gasteiger partial charge in [-0.1, -0.05) is 17.4 Å². The Morgan fingerprint density at radius 3 is 3.15 bits per heavy atom. The molecule has 0 aliphatic carbocycles. The van der Waals surface area contributed by atoms with Gasteiger partial charge in [0.05, 0.1) is 6.54 Å². The first kappa shape index (κ1) is 18.0. The lowest BCUT2D eigenvalue weighted by Crippen LogP contribution is -2.40. The zero-order valence-electron chi connectivity index (χ0n) is 15.0. The summed E-state index contributed by atoms with van der Waals surface area (Å²) in [6.07, 6.45) is 4.06. The minimum Gasteiger partial charge on any atom is -0.377 e. The lowest BCUT2D eigenvalue weighted by Gasteiger charge is -2.31. The van der Waals surface area contributed by atoms with Gasteiger partial charge in [-0.05, 0) is 31.5 Å². The van der Waals surface area contributed by atoms with E-state index >= 15 is 0 Å². The summed E-state index contributed by atoms with van der Waals surface area (Å²) in [5.74, 6) is 1.14. The summed E-state index contributed by atoms with van der Waals surface area (Å²) >= 11 is 1.33. The number of hydrogen-bond donors (Lipinski definition) is 1. The number of piperidine rings is 1. The molecule has 0 aromatic carbocycles. The van der Waals surface area contributed by atoms with Crippen molar-refractivity contribution in [1.82, 2.24) is 29.7 Å². The van der Waals surface area contributed by atoms with Crippen molar-refractivity contribution < 1.29 is 9.53 Å². The standard InChI is InChI=1S/C17H21N7O2S/c1-26-11-15-20-22-17(27-15)18-14(25)10-23-7-4-5-12(9-23)16-21-19-13-6-2-3-8-24(13)16/h2-3,6,8,12H,4-5,7,9-11H2,1H3,(H,18,22,25)/t12-/m0/s1. The number of hydrogen-bond acceptors (Lipinski definition) is 8. The van der Waals surface area contributed by atoms with Gasteiger partial charge in [0, 0.05) is 25.8 Å². The maximum absolute atomic E-state index is 12.4. The first-order valence-electron chi connectivity index (χ1n) is 8.86. The van der Waals surface area contributed by atoms with Crippen molar-refractivity contribution in [3.8, 4) is 0 Å². The van der Waals surface area contributed by atoms with E-state index in [2.05, 4.69) is 30.6 Å². The van der Waals surface area contributed by atoms with Gasteiger partial charge in [-0.25, -0.2) is 0 Å². The summed E-state index contributed by atoms with van der Waals surface area (Å²) in [5.41, 5.74) is 0.852. The minimum absolute atomic E-state index is 0.0816. The molecule has 0 saturated carbocycles. The van der Waals surface area contributed by atoms with Gasteiger partial charge in [0.1, 0.15) is 17.4 Å². The average molecular weight is 387 g/mol. The molecule has 0 unspecified atom stereocenters. The van der Waals surface area contributed by atoms with Crippen LogP contribution in [0.2, 0.25) is 0 Å². The highest BCUT2D eigenvalue weighted by molar-refractivity contribution is 7.15. The molecule has 0 spiro atoms. The van der Waals surface area contributed by atoms with Crippen LogP contribution in [0.1, 0.15) is 29.6 Å². The van der Waals surface area contributed by atoms with Crippen molar-refractivity contribution in [3.63, 3.8) is 0 Å². The van der Waals surface area contributed by atoms with Gasteiger partial charge in [-0.2, -0.15) is 0 Å². The molecule has 1 saturated heterocycles. The van der Waals surface area contributed by atoms with E-state index in [-0.39, 0.29) is 11.8 Å². The Balaban J connectivity index is 1.37. The van der Waals surface area contributed by atoms with Crippen LogP contribution in [-0.2, 0) is 16.1 Å². The first-order valence-corrected chi connectivity index (χ1v) is 9.68. The molecule has 0 bridgehead atoms. The summed E-state index contributed by atoms with van der Waals surface area (Å²) in [5, 5.41) is 20.6. The molecule has 3 aromatic rings. The number of ether oxygens (including phenoxy) is 1. The van der Waals surface area contributed by atoms with E-state index in [1.807, 2.05) is 28.8 Å². The molecular formula is C17H21N7O2S. The molecule has 3 aromatic heterocycles. The van der Waals surface area contributed by atoms with Crippen LogP contribution in [0.15, 0.2) is 24.4 Å². The van der Waals surface area contributed by atoms with Crippen LogP contribution in [0.25, 0.3) is 5.65 Å². The smallest absolute Gasteiger partial charge is 0.240 e. The number of anilines is 1. The Labute approximate surface area is 160 Å². The Bertz CT molecular complexity index is 925. The van der Waals surface area contributed by atoms with Crippen molar-refractivity contribution in [2.75, 3.05) is 32.1 Å². The van der Waals surface area contributed by atoms with Crippen LogP contribution in [0.4, 0.5) is 5.13 Å². The second-order valence-electron chi connectivity index (χ2n) is 6.54. The number of amides is 1. The maximum Gasteiger partial charge on any atom is 0.240 e. The van der Waals surface area contributed by atoms with E-state index in [1.165, 1.54) is 11.3 Å². The summed E-state index contributed by atoms with van der Waals surface area (Å²) in [7, 11) is 1.60. The Morgan fingerprint density at radius 2 is 2.26 bits per heavy atom. The normalized spacial score (nSPS) is 18.0. The maximum atomic E-state index is 12.4. The van der Waals surface area contributed by atoms with E-state index in [0.717, 1.165) is 42.4 Å². The van der Waals surface area contributed by atoms with Gasteiger partial charge in [0.25, 0.3) is 0 Å². The molecule has 1 atom stereocenters.